The van der Waals surface area contributed by atoms with Gasteiger partial charge < -0.3 is 20.2 Å². The molecular formula is C17H18FN3O3. The summed E-state index contributed by atoms with van der Waals surface area (Å²) in [5.74, 6) is 0.594. The van der Waals surface area contributed by atoms with Crippen LogP contribution in [0, 0.1) is 31.0 Å². The molecule has 3 N–H and O–H groups in total. The molecule has 0 aliphatic heterocycles. The maximum absolute atomic E-state index is 13.2. The number of aliphatic hydroxyl groups is 1. The number of rotatable bonds is 4. The van der Waals surface area contributed by atoms with Crippen LogP contribution in [-0.2, 0) is 5.60 Å². The summed E-state index contributed by atoms with van der Waals surface area (Å²) in [6.07, 6.45) is 0. The molecule has 2 amide bonds. The number of nitrogens with one attached hydrogen (secondary N) is 2. The van der Waals surface area contributed by atoms with Crippen LogP contribution < -0.4 is 10.6 Å². The number of halogens is 1. The molecule has 0 radical (unpaired) electrons. The SMILES string of the molecule is Cc1cc([C@](C)(O)CNC(=O)Nc2ccc(F)c(C#N)c2)c(C)o1. The molecule has 126 valence electrons. The monoisotopic (exact) mass is 331 g/mol. The number of amides is 2. The number of aryl methyl sites for hydroxylation is 2. The molecule has 0 spiro atoms. The number of nitrogens with zero attached hydrogens (tertiary/aromatic N) is 1. The number of benzene rings is 1. The van der Waals surface area contributed by atoms with Crippen molar-refractivity contribution in [2.45, 2.75) is 26.4 Å². The van der Waals surface area contributed by atoms with Gasteiger partial charge in [0.05, 0.1) is 12.1 Å². The molecule has 0 bridgehead atoms. The summed E-state index contributed by atoms with van der Waals surface area (Å²) >= 11 is 0. The van der Waals surface area contributed by atoms with Crippen molar-refractivity contribution in [1.82, 2.24) is 5.32 Å². The number of carbonyl (C=O) groups is 1. The van der Waals surface area contributed by atoms with Crippen molar-refractivity contribution < 1.29 is 18.7 Å². The van der Waals surface area contributed by atoms with Gasteiger partial charge in [-0.1, -0.05) is 0 Å². The third-order valence-corrected chi connectivity index (χ3v) is 3.56. The molecule has 1 aromatic heterocycles. The van der Waals surface area contributed by atoms with Gasteiger partial charge in [0.25, 0.3) is 0 Å². The summed E-state index contributed by atoms with van der Waals surface area (Å²) in [5, 5.41) is 24.3. The van der Waals surface area contributed by atoms with Crippen LogP contribution in [-0.4, -0.2) is 17.7 Å². The molecule has 0 saturated heterocycles. The zero-order chi connectivity index (χ0) is 17.9. The third-order valence-electron chi connectivity index (χ3n) is 3.56. The van der Waals surface area contributed by atoms with Crippen molar-refractivity contribution in [1.29, 1.82) is 5.26 Å². The lowest BCUT2D eigenvalue weighted by Gasteiger charge is -2.23. The summed E-state index contributed by atoms with van der Waals surface area (Å²) in [6, 6.07) is 6.51. The van der Waals surface area contributed by atoms with Crippen LogP contribution >= 0.6 is 0 Å². The minimum Gasteiger partial charge on any atom is -0.466 e. The lowest BCUT2D eigenvalue weighted by molar-refractivity contribution is 0.0584. The van der Waals surface area contributed by atoms with E-state index in [2.05, 4.69) is 10.6 Å². The van der Waals surface area contributed by atoms with Gasteiger partial charge in [-0.15, -0.1) is 0 Å². The Balaban J connectivity index is 2.00. The standard InChI is InChI=1S/C17H18FN3O3/c1-10-6-14(11(2)24-10)17(3,23)9-20-16(22)21-13-4-5-15(18)12(7-13)8-19/h4-7,23H,9H2,1-3H3,(H2,20,21,22)/t17-/m1/s1. The second-order valence-electron chi connectivity index (χ2n) is 5.71. The number of hydrogen-bond acceptors (Lipinski definition) is 4. The van der Waals surface area contributed by atoms with E-state index < -0.39 is 17.4 Å². The molecule has 0 unspecified atom stereocenters. The normalized spacial score (nSPS) is 13.0. The van der Waals surface area contributed by atoms with Crippen LogP contribution in [0.25, 0.3) is 0 Å². The summed E-state index contributed by atoms with van der Waals surface area (Å²) in [4.78, 5) is 11.9. The van der Waals surface area contributed by atoms with E-state index in [0.717, 1.165) is 6.07 Å². The molecule has 6 nitrogen and oxygen atoms in total. The summed E-state index contributed by atoms with van der Waals surface area (Å²) in [5.41, 5.74) is -0.599. The number of carbonyl (C=O) groups excluding carboxylic acids is 1. The van der Waals surface area contributed by atoms with Crippen LogP contribution in [0.1, 0.15) is 29.6 Å². The van der Waals surface area contributed by atoms with E-state index in [0.29, 0.717) is 17.1 Å². The number of urea groups is 1. The lowest BCUT2D eigenvalue weighted by atomic mass is 9.96. The van der Waals surface area contributed by atoms with Crippen molar-refractivity contribution in [2.24, 2.45) is 0 Å². The lowest BCUT2D eigenvalue weighted by Crippen LogP contribution is -2.40. The van der Waals surface area contributed by atoms with Crippen LogP contribution in [0.5, 0.6) is 0 Å². The van der Waals surface area contributed by atoms with Gasteiger partial charge in [0.15, 0.2) is 0 Å². The second kappa shape index (κ2) is 6.72. The first-order valence-electron chi connectivity index (χ1n) is 7.27. The van der Waals surface area contributed by atoms with E-state index in [9.17, 15) is 14.3 Å². The van der Waals surface area contributed by atoms with Gasteiger partial charge in [-0.2, -0.15) is 5.26 Å². The van der Waals surface area contributed by atoms with Gasteiger partial charge in [0, 0.05) is 11.3 Å². The molecule has 1 aromatic carbocycles. The Bertz CT molecular complexity index is 806. The summed E-state index contributed by atoms with van der Waals surface area (Å²) in [6.45, 7) is 5.02. The first-order valence-corrected chi connectivity index (χ1v) is 7.27. The zero-order valence-electron chi connectivity index (χ0n) is 13.6. The van der Waals surface area contributed by atoms with Gasteiger partial charge >= 0.3 is 6.03 Å². The average Bonchev–Trinajstić information content (AvgIpc) is 2.87. The topological polar surface area (TPSA) is 98.3 Å². The zero-order valence-corrected chi connectivity index (χ0v) is 13.6. The van der Waals surface area contributed by atoms with E-state index in [1.807, 2.05) is 0 Å². The molecule has 1 heterocycles. The minimum atomic E-state index is -1.31. The molecule has 2 rings (SSSR count). The van der Waals surface area contributed by atoms with Gasteiger partial charge in [0.1, 0.15) is 29.0 Å². The minimum absolute atomic E-state index is 0.0506. The first kappa shape index (κ1) is 17.5. The van der Waals surface area contributed by atoms with Gasteiger partial charge in [-0.05, 0) is 45.0 Å². The fourth-order valence-electron chi connectivity index (χ4n) is 2.38. The maximum Gasteiger partial charge on any atom is 0.319 e. The van der Waals surface area contributed by atoms with Crippen LogP contribution in [0.2, 0.25) is 0 Å². The Labute approximate surface area is 138 Å². The molecular weight excluding hydrogens is 313 g/mol. The van der Waals surface area contributed by atoms with Crippen LogP contribution in [0.3, 0.4) is 0 Å². The Hall–Kier alpha value is -2.85. The molecule has 0 saturated carbocycles. The maximum atomic E-state index is 13.2. The molecule has 0 fully saturated rings. The quantitative estimate of drug-likeness (QED) is 0.802. The van der Waals surface area contributed by atoms with Gasteiger partial charge in [-0.3, -0.25) is 0 Å². The fraction of sp³-hybridized carbons (Fsp3) is 0.294. The Morgan fingerprint density at radius 3 is 2.71 bits per heavy atom. The second-order valence-corrected chi connectivity index (χ2v) is 5.71. The van der Waals surface area contributed by atoms with Crippen molar-refractivity contribution in [3.63, 3.8) is 0 Å². The Morgan fingerprint density at radius 1 is 1.42 bits per heavy atom. The van der Waals surface area contributed by atoms with Crippen LogP contribution in [0.4, 0.5) is 14.9 Å². The third kappa shape index (κ3) is 3.91. The highest BCUT2D eigenvalue weighted by Crippen LogP contribution is 2.26. The molecule has 0 aliphatic rings. The average molecular weight is 331 g/mol. The van der Waals surface area contributed by atoms with Crippen molar-refractivity contribution in [3.05, 3.63) is 52.7 Å². The van der Waals surface area contributed by atoms with Crippen molar-refractivity contribution >= 4 is 11.7 Å². The number of furan rings is 1. The fourth-order valence-corrected chi connectivity index (χ4v) is 2.38. The summed E-state index contributed by atoms with van der Waals surface area (Å²) < 4.78 is 18.6. The highest BCUT2D eigenvalue weighted by Gasteiger charge is 2.28. The number of hydrogen-bond donors (Lipinski definition) is 3. The van der Waals surface area contributed by atoms with Gasteiger partial charge in [0.2, 0.25) is 0 Å². The van der Waals surface area contributed by atoms with Crippen molar-refractivity contribution in [3.8, 4) is 6.07 Å². The van der Waals surface area contributed by atoms with E-state index >= 15 is 0 Å². The van der Waals surface area contributed by atoms with E-state index in [1.54, 1.807) is 32.9 Å². The Morgan fingerprint density at radius 2 is 2.12 bits per heavy atom. The predicted octanol–water partition coefficient (Wildman–Crippen LogP) is 2.94. The molecule has 24 heavy (non-hydrogen) atoms. The largest absolute Gasteiger partial charge is 0.466 e. The smallest absolute Gasteiger partial charge is 0.319 e. The molecule has 7 heteroatoms. The van der Waals surface area contributed by atoms with E-state index in [-0.39, 0.29) is 17.8 Å². The van der Waals surface area contributed by atoms with E-state index in [1.165, 1.54) is 12.1 Å². The predicted molar refractivity (Wildman–Crippen MR) is 85.9 cm³/mol. The molecule has 1 atom stereocenters. The Kier molecular flexibility index (Phi) is 4.90. The first-order chi connectivity index (χ1) is 11.2. The van der Waals surface area contributed by atoms with Gasteiger partial charge in [-0.25, -0.2) is 9.18 Å². The molecule has 2 aromatic rings. The highest BCUT2D eigenvalue weighted by molar-refractivity contribution is 5.89. The number of nitriles is 1. The summed E-state index contributed by atoms with van der Waals surface area (Å²) in [7, 11) is 0. The van der Waals surface area contributed by atoms with Crippen LogP contribution in [0.15, 0.2) is 28.7 Å². The van der Waals surface area contributed by atoms with E-state index in [4.69, 9.17) is 9.68 Å². The highest BCUT2D eigenvalue weighted by atomic mass is 19.1. The van der Waals surface area contributed by atoms with Crippen molar-refractivity contribution in [2.75, 3.05) is 11.9 Å². The molecule has 0 aliphatic carbocycles. The number of anilines is 1.